The Morgan fingerprint density at radius 2 is 2.29 bits per heavy atom. The smallest absolute Gasteiger partial charge is 0.243 e. The van der Waals surface area contributed by atoms with E-state index in [0.29, 0.717) is 11.4 Å². The highest BCUT2D eigenvalue weighted by Gasteiger charge is 2.45. The van der Waals surface area contributed by atoms with E-state index in [2.05, 4.69) is 45.2 Å². The van der Waals surface area contributed by atoms with Crippen molar-refractivity contribution in [3.05, 3.63) is 22.8 Å². The number of halogens is 1. The molecule has 0 spiro atoms. The predicted molar refractivity (Wildman–Crippen MR) is 71.1 cm³/mol. The lowest BCUT2D eigenvalue weighted by Gasteiger charge is -2.02. The first-order chi connectivity index (χ1) is 8.04. The average molecular weight is 295 g/mol. The fourth-order valence-electron chi connectivity index (χ4n) is 2.07. The molecule has 17 heavy (non-hydrogen) atoms. The molecule has 5 heteroatoms. The van der Waals surface area contributed by atoms with Gasteiger partial charge in [-0.25, -0.2) is 4.52 Å². The summed E-state index contributed by atoms with van der Waals surface area (Å²) in [5.74, 6) is 1.46. The summed E-state index contributed by atoms with van der Waals surface area (Å²) in [5.41, 5.74) is 1.36. The van der Waals surface area contributed by atoms with Crippen LogP contribution in [0.5, 0.6) is 0 Å². The molecule has 1 aliphatic carbocycles. The number of nitrogens with zero attached hydrogens (tertiary/aromatic N) is 3. The van der Waals surface area contributed by atoms with Gasteiger partial charge in [0.15, 0.2) is 5.65 Å². The lowest BCUT2D eigenvalue weighted by atomic mass is 10.1. The van der Waals surface area contributed by atoms with Crippen molar-refractivity contribution in [2.75, 3.05) is 11.9 Å². The lowest BCUT2D eigenvalue weighted by Crippen LogP contribution is -2.08. The van der Waals surface area contributed by atoms with Gasteiger partial charge in [0.1, 0.15) is 0 Å². The summed E-state index contributed by atoms with van der Waals surface area (Å²) in [7, 11) is 0. The standard InChI is InChI=1S/C12H15BrN4/c1-12(2)5-8(12)6-14-11-15-10-4-3-9(13)7-17(10)16-11/h3-4,7-8H,5-6H2,1-2H3,(H,14,16). The van der Waals surface area contributed by atoms with Crippen molar-refractivity contribution in [1.82, 2.24) is 14.6 Å². The number of anilines is 1. The van der Waals surface area contributed by atoms with Gasteiger partial charge in [-0.15, -0.1) is 5.10 Å². The summed E-state index contributed by atoms with van der Waals surface area (Å²) >= 11 is 3.42. The number of hydrogen-bond donors (Lipinski definition) is 1. The minimum atomic E-state index is 0.495. The Balaban J connectivity index is 1.73. The molecule has 1 atom stereocenters. The topological polar surface area (TPSA) is 42.2 Å². The largest absolute Gasteiger partial charge is 0.353 e. The maximum absolute atomic E-state index is 4.42. The van der Waals surface area contributed by atoms with Crippen molar-refractivity contribution in [2.45, 2.75) is 20.3 Å². The zero-order valence-electron chi connectivity index (χ0n) is 9.94. The first kappa shape index (κ1) is 11.0. The van der Waals surface area contributed by atoms with Crippen LogP contribution in [0.2, 0.25) is 0 Å². The maximum Gasteiger partial charge on any atom is 0.243 e. The van der Waals surface area contributed by atoms with Gasteiger partial charge in [-0.1, -0.05) is 13.8 Å². The van der Waals surface area contributed by atoms with Crippen LogP contribution in [-0.4, -0.2) is 21.1 Å². The monoisotopic (exact) mass is 294 g/mol. The third-order valence-corrected chi connectivity index (χ3v) is 3.99. The SMILES string of the molecule is CC1(C)CC1CNc1nc2ccc(Br)cn2n1. The summed E-state index contributed by atoms with van der Waals surface area (Å²) in [6.07, 6.45) is 3.20. The lowest BCUT2D eigenvalue weighted by molar-refractivity contribution is 0.572. The van der Waals surface area contributed by atoms with Crippen molar-refractivity contribution in [2.24, 2.45) is 11.3 Å². The highest BCUT2D eigenvalue weighted by atomic mass is 79.9. The van der Waals surface area contributed by atoms with Gasteiger partial charge in [0, 0.05) is 17.2 Å². The Bertz CT molecular complexity index is 561. The number of hydrogen-bond acceptors (Lipinski definition) is 3. The van der Waals surface area contributed by atoms with E-state index >= 15 is 0 Å². The Morgan fingerprint density at radius 1 is 1.53 bits per heavy atom. The first-order valence-corrected chi connectivity index (χ1v) is 6.60. The molecule has 1 unspecified atom stereocenters. The molecule has 3 rings (SSSR count). The van der Waals surface area contributed by atoms with Gasteiger partial charge in [0.25, 0.3) is 0 Å². The second kappa shape index (κ2) is 3.70. The molecule has 0 amide bonds. The summed E-state index contributed by atoms with van der Waals surface area (Å²) in [5, 5.41) is 7.70. The van der Waals surface area contributed by atoms with Crippen molar-refractivity contribution >= 4 is 27.5 Å². The van der Waals surface area contributed by atoms with Gasteiger partial charge in [0.05, 0.1) is 0 Å². The number of fused-ring (bicyclic) bond motifs is 1. The molecule has 2 aromatic rings. The normalized spacial score (nSPS) is 21.7. The molecule has 1 aliphatic rings. The minimum Gasteiger partial charge on any atom is -0.353 e. The van der Waals surface area contributed by atoms with Crippen LogP contribution in [0, 0.1) is 11.3 Å². The van der Waals surface area contributed by atoms with E-state index in [1.54, 1.807) is 4.52 Å². The third kappa shape index (κ3) is 2.16. The summed E-state index contributed by atoms with van der Waals surface area (Å²) in [6.45, 7) is 5.56. The molecular formula is C12H15BrN4. The van der Waals surface area contributed by atoms with Crippen LogP contribution in [0.4, 0.5) is 5.95 Å². The van der Waals surface area contributed by atoms with Crippen molar-refractivity contribution in [1.29, 1.82) is 0 Å². The second-order valence-electron chi connectivity index (χ2n) is 5.36. The van der Waals surface area contributed by atoms with Gasteiger partial charge >= 0.3 is 0 Å². The molecular weight excluding hydrogens is 280 g/mol. The molecule has 1 N–H and O–H groups in total. The van der Waals surface area contributed by atoms with Crippen molar-refractivity contribution in [3.8, 4) is 0 Å². The van der Waals surface area contributed by atoms with E-state index in [0.717, 1.165) is 22.6 Å². The Hall–Kier alpha value is -1.10. The van der Waals surface area contributed by atoms with Gasteiger partial charge in [-0.3, -0.25) is 0 Å². The van der Waals surface area contributed by atoms with E-state index in [-0.39, 0.29) is 0 Å². The fourth-order valence-corrected chi connectivity index (χ4v) is 2.40. The second-order valence-corrected chi connectivity index (χ2v) is 6.27. The molecule has 0 bridgehead atoms. The molecule has 4 nitrogen and oxygen atoms in total. The van der Waals surface area contributed by atoms with Crippen molar-refractivity contribution < 1.29 is 0 Å². The quantitative estimate of drug-likeness (QED) is 0.946. The molecule has 0 radical (unpaired) electrons. The Kier molecular flexibility index (Phi) is 2.40. The average Bonchev–Trinajstić information content (AvgIpc) is 2.71. The molecule has 1 saturated carbocycles. The molecule has 0 aromatic carbocycles. The molecule has 1 fully saturated rings. The van der Waals surface area contributed by atoms with Crippen LogP contribution in [0.15, 0.2) is 22.8 Å². The number of aromatic nitrogens is 3. The number of pyridine rings is 1. The van der Waals surface area contributed by atoms with Crippen molar-refractivity contribution in [3.63, 3.8) is 0 Å². The molecule has 0 aliphatic heterocycles. The Labute approximate surface area is 109 Å². The van der Waals surface area contributed by atoms with Gasteiger partial charge in [0.2, 0.25) is 5.95 Å². The van der Waals surface area contributed by atoms with Gasteiger partial charge in [-0.05, 0) is 45.8 Å². The number of nitrogens with one attached hydrogen (secondary N) is 1. The van der Waals surface area contributed by atoms with E-state index in [9.17, 15) is 0 Å². The van der Waals surface area contributed by atoms with E-state index in [4.69, 9.17) is 0 Å². The highest BCUT2D eigenvalue weighted by Crippen LogP contribution is 2.51. The van der Waals surface area contributed by atoms with Gasteiger partial charge < -0.3 is 5.32 Å². The molecule has 2 aromatic heterocycles. The zero-order chi connectivity index (χ0) is 12.0. The first-order valence-electron chi connectivity index (χ1n) is 5.80. The summed E-state index contributed by atoms with van der Waals surface area (Å²) in [6, 6.07) is 3.92. The van der Waals surface area contributed by atoms with Gasteiger partial charge in [-0.2, -0.15) is 4.98 Å². The molecule has 90 valence electrons. The number of rotatable bonds is 3. The maximum atomic E-state index is 4.42. The van der Waals surface area contributed by atoms with Crippen LogP contribution >= 0.6 is 15.9 Å². The third-order valence-electron chi connectivity index (χ3n) is 3.52. The van der Waals surface area contributed by atoms with Crippen LogP contribution in [0.25, 0.3) is 5.65 Å². The van der Waals surface area contributed by atoms with Crippen LogP contribution < -0.4 is 5.32 Å². The van der Waals surface area contributed by atoms with Crippen LogP contribution in [-0.2, 0) is 0 Å². The minimum absolute atomic E-state index is 0.495. The van der Waals surface area contributed by atoms with Crippen LogP contribution in [0.3, 0.4) is 0 Å². The fraction of sp³-hybridized carbons (Fsp3) is 0.500. The van der Waals surface area contributed by atoms with Crippen LogP contribution in [0.1, 0.15) is 20.3 Å². The summed E-state index contributed by atoms with van der Waals surface area (Å²) in [4.78, 5) is 4.42. The Morgan fingerprint density at radius 3 is 3.00 bits per heavy atom. The molecule has 0 saturated heterocycles. The molecule has 2 heterocycles. The van der Waals surface area contributed by atoms with E-state index < -0.39 is 0 Å². The highest BCUT2D eigenvalue weighted by molar-refractivity contribution is 9.10. The zero-order valence-corrected chi connectivity index (χ0v) is 11.5. The van der Waals surface area contributed by atoms with E-state index in [1.165, 1.54) is 6.42 Å². The predicted octanol–water partition coefficient (Wildman–Crippen LogP) is 2.95. The van der Waals surface area contributed by atoms with E-state index in [1.807, 2.05) is 18.3 Å². The summed E-state index contributed by atoms with van der Waals surface area (Å²) < 4.78 is 2.79.